The summed E-state index contributed by atoms with van der Waals surface area (Å²) < 4.78 is 0.609. The summed E-state index contributed by atoms with van der Waals surface area (Å²) in [5.74, 6) is 0. The highest BCUT2D eigenvalue weighted by Gasteiger charge is 1.89. The molecule has 0 aromatic heterocycles. The summed E-state index contributed by atoms with van der Waals surface area (Å²) in [6.45, 7) is 0. The van der Waals surface area contributed by atoms with Gasteiger partial charge in [0.15, 0.2) is 5.11 Å². The molecule has 0 aromatic carbocycles. The van der Waals surface area contributed by atoms with Crippen LogP contribution < -0.4 is 11.1 Å². The van der Waals surface area contributed by atoms with Crippen LogP contribution in [-0.2, 0) is 0 Å². The van der Waals surface area contributed by atoms with Crippen molar-refractivity contribution in [2.24, 2.45) is 5.73 Å². The molecule has 0 saturated heterocycles. The minimum Gasteiger partial charge on any atom is -0.376 e. The maximum Gasteiger partial charge on any atom is 0.169 e. The third kappa shape index (κ3) is 4.29. The van der Waals surface area contributed by atoms with Crippen LogP contribution in [0.5, 0.6) is 0 Å². The zero-order valence-electron chi connectivity index (χ0n) is 4.30. The van der Waals surface area contributed by atoms with Crippen LogP contribution in [0.2, 0.25) is 0 Å². The highest BCUT2D eigenvalue weighted by atomic mass is 32.2. The Labute approximate surface area is 63.2 Å². The van der Waals surface area contributed by atoms with Gasteiger partial charge in [-0.05, 0) is 18.5 Å². The van der Waals surface area contributed by atoms with E-state index in [1.807, 2.05) is 6.26 Å². The predicted molar refractivity (Wildman–Crippen MR) is 46.0 cm³/mol. The largest absolute Gasteiger partial charge is 0.376 e. The minimum absolute atomic E-state index is 0.226. The van der Waals surface area contributed by atoms with Crippen molar-refractivity contribution in [3.05, 3.63) is 0 Å². The molecule has 2 nitrogen and oxygen atoms in total. The van der Waals surface area contributed by atoms with Crippen molar-refractivity contribution in [3.8, 4) is 0 Å². The molecule has 3 N–H and O–H groups in total. The maximum atomic E-state index is 5.09. The van der Waals surface area contributed by atoms with Gasteiger partial charge in [0.1, 0.15) is 4.32 Å². The van der Waals surface area contributed by atoms with E-state index in [-0.39, 0.29) is 5.11 Å². The average Bonchev–Trinajstić information content (AvgIpc) is 1.65. The van der Waals surface area contributed by atoms with Gasteiger partial charge in [0, 0.05) is 0 Å². The van der Waals surface area contributed by atoms with Crippen LogP contribution in [0.4, 0.5) is 0 Å². The summed E-state index contributed by atoms with van der Waals surface area (Å²) in [7, 11) is 0. The van der Waals surface area contributed by atoms with Gasteiger partial charge in [0.2, 0.25) is 0 Å². The van der Waals surface area contributed by atoms with Crippen LogP contribution in [0.1, 0.15) is 0 Å². The summed E-state index contributed by atoms with van der Waals surface area (Å²) in [6, 6.07) is 0. The first kappa shape index (κ1) is 8.13. The van der Waals surface area contributed by atoms with Gasteiger partial charge in [0.25, 0.3) is 0 Å². The molecule has 0 aromatic rings. The van der Waals surface area contributed by atoms with Gasteiger partial charge >= 0.3 is 0 Å². The zero-order valence-corrected chi connectivity index (χ0v) is 6.75. The van der Waals surface area contributed by atoms with Crippen LogP contribution in [-0.4, -0.2) is 15.7 Å². The lowest BCUT2D eigenvalue weighted by Crippen LogP contribution is -2.31. The molecule has 0 bridgehead atoms. The van der Waals surface area contributed by atoms with E-state index < -0.39 is 0 Å². The molecule has 0 atom stereocenters. The summed E-state index contributed by atoms with van der Waals surface area (Å²) in [6.07, 6.45) is 1.85. The van der Waals surface area contributed by atoms with Crippen LogP contribution >= 0.6 is 36.2 Å². The molecule has 8 heavy (non-hydrogen) atoms. The first-order valence-electron chi connectivity index (χ1n) is 1.81. The zero-order chi connectivity index (χ0) is 6.57. The highest BCUT2D eigenvalue weighted by molar-refractivity contribution is 8.22. The molecule has 0 aliphatic heterocycles. The smallest absolute Gasteiger partial charge is 0.169 e. The molecular weight excluding hydrogens is 160 g/mol. The second-order valence-electron chi connectivity index (χ2n) is 0.981. The Morgan fingerprint density at radius 3 is 2.25 bits per heavy atom. The standard InChI is InChI=1S/C3H6N2S3/c1-8-3(7)5-2(4)6/h1H3,(H3,4,5,6,7). The van der Waals surface area contributed by atoms with E-state index in [1.165, 1.54) is 11.8 Å². The maximum absolute atomic E-state index is 5.09. The Hall–Kier alpha value is 0.130. The molecule has 0 radical (unpaired) electrons. The number of nitrogens with one attached hydrogen (secondary N) is 1. The van der Waals surface area contributed by atoms with E-state index >= 15 is 0 Å². The summed E-state index contributed by atoms with van der Waals surface area (Å²) in [5.41, 5.74) is 5.09. The number of thiocarbonyl (C=S) groups is 2. The minimum atomic E-state index is 0.226. The second kappa shape index (κ2) is 4.05. The van der Waals surface area contributed by atoms with Crippen LogP contribution in [0.25, 0.3) is 0 Å². The monoisotopic (exact) mass is 166 g/mol. The topological polar surface area (TPSA) is 38.0 Å². The van der Waals surface area contributed by atoms with Gasteiger partial charge in [-0.25, -0.2) is 0 Å². The van der Waals surface area contributed by atoms with Gasteiger partial charge in [-0.1, -0.05) is 12.2 Å². The molecule has 0 heterocycles. The van der Waals surface area contributed by atoms with E-state index in [1.54, 1.807) is 0 Å². The number of rotatable bonds is 0. The summed E-state index contributed by atoms with van der Waals surface area (Å²) in [5, 5.41) is 2.82. The molecule has 5 heteroatoms. The second-order valence-corrected chi connectivity index (χ2v) is 2.90. The number of thioether (sulfide) groups is 1. The van der Waals surface area contributed by atoms with E-state index in [9.17, 15) is 0 Å². The molecule has 0 aliphatic rings. The number of hydrogen-bond acceptors (Lipinski definition) is 3. The molecule has 0 amide bonds. The van der Waals surface area contributed by atoms with Crippen molar-refractivity contribution in [3.63, 3.8) is 0 Å². The quantitative estimate of drug-likeness (QED) is 0.512. The fraction of sp³-hybridized carbons (Fsp3) is 0.333. The Balaban J connectivity index is 3.40. The fourth-order valence-electron chi connectivity index (χ4n) is 0.152. The fourth-order valence-corrected chi connectivity index (χ4v) is 0.705. The van der Waals surface area contributed by atoms with E-state index in [0.29, 0.717) is 4.32 Å². The Morgan fingerprint density at radius 1 is 1.62 bits per heavy atom. The Kier molecular flexibility index (Phi) is 4.12. The lowest BCUT2D eigenvalue weighted by molar-refractivity contribution is 1.43. The van der Waals surface area contributed by atoms with E-state index in [2.05, 4.69) is 17.5 Å². The van der Waals surface area contributed by atoms with Crippen LogP contribution in [0.15, 0.2) is 0 Å². The molecular formula is C3H6N2S3. The third-order valence-electron chi connectivity index (χ3n) is 0.411. The molecule has 0 rings (SSSR count). The summed E-state index contributed by atoms with van der Waals surface area (Å²) in [4.78, 5) is 0. The Morgan fingerprint density at radius 2 is 2.12 bits per heavy atom. The van der Waals surface area contributed by atoms with Crippen molar-refractivity contribution < 1.29 is 0 Å². The molecule has 0 saturated carbocycles. The van der Waals surface area contributed by atoms with E-state index in [4.69, 9.17) is 18.0 Å². The molecule has 46 valence electrons. The molecule has 0 aliphatic carbocycles. The SMILES string of the molecule is CSC(=S)NC(N)=S. The van der Waals surface area contributed by atoms with Crippen molar-refractivity contribution in [1.82, 2.24) is 5.32 Å². The molecule has 0 unspecified atom stereocenters. The first-order valence-corrected chi connectivity index (χ1v) is 3.85. The normalized spacial score (nSPS) is 8.12. The highest BCUT2D eigenvalue weighted by Crippen LogP contribution is 1.91. The van der Waals surface area contributed by atoms with Crippen LogP contribution in [0.3, 0.4) is 0 Å². The molecule has 0 fully saturated rings. The van der Waals surface area contributed by atoms with Gasteiger partial charge in [0.05, 0.1) is 0 Å². The van der Waals surface area contributed by atoms with Crippen molar-refractivity contribution in [1.29, 1.82) is 0 Å². The number of nitrogens with two attached hydrogens (primary N) is 1. The van der Waals surface area contributed by atoms with Crippen LogP contribution in [0, 0.1) is 0 Å². The lowest BCUT2D eigenvalue weighted by Gasteiger charge is -1.98. The number of hydrogen-bond donors (Lipinski definition) is 2. The predicted octanol–water partition coefficient (Wildman–Crippen LogP) is 0.468. The van der Waals surface area contributed by atoms with Crippen molar-refractivity contribution >= 4 is 45.6 Å². The summed E-state index contributed by atoms with van der Waals surface area (Å²) >= 11 is 10.6. The van der Waals surface area contributed by atoms with Gasteiger partial charge in [-0.3, -0.25) is 0 Å². The Bertz CT molecular complexity index is 111. The third-order valence-corrected chi connectivity index (χ3v) is 1.59. The van der Waals surface area contributed by atoms with Gasteiger partial charge < -0.3 is 11.1 Å². The van der Waals surface area contributed by atoms with Crippen molar-refractivity contribution in [2.75, 3.05) is 6.26 Å². The first-order chi connectivity index (χ1) is 3.66. The van der Waals surface area contributed by atoms with Gasteiger partial charge in [-0.15, -0.1) is 11.8 Å². The van der Waals surface area contributed by atoms with Crippen molar-refractivity contribution in [2.45, 2.75) is 0 Å². The molecule has 0 spiro atoms. The van der Waals surface area contributed by atoms with E-state index in [0.717, 1.165) is 0 Å². The average molecular weight is 166 g/mol. The lowest BCUT2D eigenvalue weighted by atomic mass is 11.1. The van der Waals surface area contributed by atoms with Gasteiger partial charge in [-0.2, -0.15) is 0 Å².